The minimum absolute atomic E-state index is 0.0820. The average molecular weight is 256 g/mol. The van der Waals surface area contributed by atoms with Gasteiger partial charge in [0.1, 0.15) is 0 Å². The Balaban J connectivity index is 2.42. The number of rotatable bonds is 6. The number of hydrogen-bond acceptors (Lipinski definition) is 4. The van der Waals surface area contributed by atoms with E-state index in [1.807, 2.05) is 6.92 Å². The summed E-state index contributed by atoms with van der Waals surface area (Å²) in [5.74, 6) is 0. The third kappa shape index (κ3) is 4.52. The second-order valence-electron chi connectivity index (χ2n) is 3.83. The molecule has 1 aromatic rings. The molecular weight excluding hydrogens is 240 g/mol. The Morgan fingerprint density at radius 3 is 2.47 bits per heavy atom. The highest BCUT2D eigenvalue weighted by molar-refractivity contribution is 7.84. The average Bonchev–Trinajstić information content (AvgIpc) is 2.29. The standard InChI is InChI=1S/C11H16N2O3S/c1-9(17(2)16)7-8-12-10-3-5-11(6-4-10)13(14)15/h3-6,9,12H,7-8H2,1-2H3. The Hall–Kier alpha value is -1.43. The van der Waals surface area contributed by atoms with Crippen molar-refractivity contribution in [1.82, 2.24) is 0 Å². The van der Waals surface area contributed by atoms with E-state index in [-0.39, 0.29) is 10.9 Å². The van der Waals surface area contributed by atoms with Crippen LogP contribution in [-0.2, 0) is 10.8 Å². The second kappa shape index (κ2) is 6.34. The first-order valence-corrected chi connectivity index (χ1v) is 6.93. The molecule has 0 aliphatic rings. The van der Waals surface area contributed by atoms with Gasteiger partial charge in [0.15, 0.2) is 0 Å². The maximum Gasteiger partial charge on any atom is 0.269 e. The molecule has 1 N–H and O–H groups in total. The highest BCUT2D eigenvalue weighted by Gasteiger charge is 2.06. The second-order valence-corrected chi connectivity index (χ2v) is 5.63. The molecule has 0 heterocycles. The first kappa shape index (κ1) is 13.6. The maximum atomic E-state index is 11.1. The van der Waals surface area contributed by atoms with Crippen molar-refractivity contribution in [2.24, 2.45) is 0 Å². The highest BCUT2D eigenvalue weighted by Crippen LogP contribution is 2.15. The van der Waals surface area contributed by atoms with Crippen molar-refractivity contribution < 1.29 is 9.13 Å². The number of nitrogens with one attached hydrogen (secondary N) is 1. The summed E-state index contributed by atoms with van der Waals surface area (Å²) in [4.78, 5) is 10.0. The lowest BCUT2D eigenvalue weighted by atomic mass is 10.2. The molecule has 0 fully saturated rings. The van der Waals surface area contributed by atoms with E-state index in [1.165, 1.54) is 12.1 Å². The SMILES string of the molecule is CC(CCNc1ccc([N+](=O)[O-])cc1)S(C)=O. The third-order valence-electron chi connectivity index (χ3n) is 2.52. The van der Waals surface area contributed by atoms with Crippen molar-refractivity contribution in [1.29, 1.82) is 0 Å². The van der Waals surface area contributed by atoms with E-state index in [1.54, 1.807) is 18.4 Å². The first-order chi connectivity index (χ1) is 8.00. The monoisotopic (exact) mass is 256 g/mol. The molecule has 94 valence electrons. The lowest BCUT2D eigenvalue weighted by Crippen LogP contribution is -2.14. The molecule has 1 aromatic carbocycles. The van der Waals surface area contributed by atoms with Crippen molar-refractivity contribution in [2.45, 2.75) is 18.6 Å². The fourth-order valence-electron chi connectivity index (χ4n) is 1.29. The Morgan fingerprint density at radius 2 is 2.00 bits per heavy atom. The number of non-ortho nitro benzene ring substituents is 1. The van der Waals surface area contributed by atoms with Gasteiger partial charge in [-0.1, -0.05) is 6.92 Å². The zero-order valence-corrected chi connectivity index (χ0v) is 10.7. The van der Waals surface area contributed by atoms with Crippen LogP contribution in [-0.4, -0.2) is 27.2 Å². The summed E-state index contributed by atoms with van der Waals surface area (Å²) in [6.45, 7) is 2.65. The zero-order valence-electron chi connectivity index (χ0n) is 9.88. The topological polar surface area (TPSA) is 72.2 Å². The summed E-state index contributed by atoms with van der Waals surface area (Å²) in [5.41, 5.74) is 0.920. The molecule has 0 aliphatic carbocycles. The predicted octanol–water partition coefficient (Wildman–Crippen LogP) is 2.16. The van der Waals surface area contributed by atoms with E-state index in [9.17, 15) is 14.3 Å². The van der Waals surface area contributed by atoms with Crippen LogP contribution in [0.15, 0.2) is 24.3 Å². The maximum absolute atomic E-state index is 11.1. The lowest BCUT2D eigenvalue weighted by Gasteiger charge is -2.09. The van der Waals surface area contributed by atoms with Crippen molar-refractivity contribution in [2.75, 3.05) is 18.1 Å². The van der Waals surface area contributed by atoms with Crippen LogP contribution in [0.1, 0.15) is 13.3 Å². The lowest BCUT2D eigenvalue weighted by molar-refractivity contribution is -0.384. The van der Waals surface area contributed by atoms with Crippen LogP contribution < -0.4 is 5.32 Å². The Labute approximate surface area is 103 Å². The van der Waals surface area contributed by atoms with E-state index in [4.69, 9.17) is 0 Å². The molecule has 0 amide bonds. The van der Waals surface area contributed by atoms with Crippen molar-refractivity contribution >= 4 is 22.2 Å². The minimum Gasteiger partial charge on any atom is -0.385 e. The van der Waals surface area contributed by atoms with Gasteiger partial charge in [-0.3, -0.25) is 14.3 Å². The number of nitrogens with zero attached hydrogens (tertiary/aromatic N) is 1. The number of hydrogen-bond donors (Lipinski definition) is 1. The normalized spacial score (nSPS) is 14.0. The fraction of sp³-hybridized carbons (Fsp3) is 0.455. The van der Waals surface area contributed by atoms with Gasteiger partial charge in [0.2, 0.25) is 0 Å². The molecular formula is C11H16N2O3S. The van der Waals surface area contributed by atoms with E-state index in [0.717, 1.165) is 12.1 Å². The van der Waals surface area contributed by atoms with E-state index in [0.29, 0.717) is 6.54 Å². The molecule has 2 atom stereocenters. The van der Waals surface area contributed by atoms with Crippen LogP contribution in [0.5, 0.6) is 0 Å². The summed E-state index contributed by atoms with van der Waals surface area (Å²) in [6.07, 6.45) is 2.50. The summed E-state index contributed by atoms with van der Waals surface area (Å²) in [7, 11) is -0.807. The predicted molar refractivity (Wildman–Crippen MR) is 69.7 cm³/mol. The van der Waals surface area contributed by atoms with Gasteiger partial charge in [0.05, 0.1) is 4.92 Å². The van der Waals surface area contributed by atoms with Crippen molar-refractivity contribution in [3.8, 4) is 0 Å². The van der Waals surface area contributed by atoms with E-state index in [2.05, 4.69) is 5.32 Å². The molecule has 0 aliphatic heterocycles. The molecule has 6 heteroatoms. The van der Waals surface area contributed by atoms with Gasteiger partial charge in [0.25, 0.3) is 5.69 Å². The molecule has 0 saturated heterocycles. The molecule has 0 radical (unpaired) electrons. The van der Waals surface area contributed by atoms with Crippen LogP contribution in [0.3, 0.4) is 0 Å². The Morgan fingerprint density at radius 1 is 1.41 bits per heavy atom. The number of nitro benzene ring substituents is 1. The molecule has 5 nitrogen and oxygen atoms in total. The van der Waals surface area contributed by atoms with Gasteiger partial charge >= 0.3 is 0 Å². The zero-order chi connectivity index (χ0) is 12.8. The molecule has 0 saturated carbocycles. The number of nitro groups is 1. The molecule has 0 bridgehead atoms. The van der Waals surface area contributed by atoms with Gasteiger partial charge in [-0.15, -0.1) is 0 Å². The van der Waals surface area contributed by atoms with Crippen LogP contribution in [0, 0.1) is 10.1 Å². The van der Waals surface area contributed by atoms with Gasteiger partial charge < -0.3 is 5.32 Å². The van der Waals surface area contributed by atoms with Crippen LogP contribution >= 0.6 is 0 Å². The highest BCUT2D eigenvalue weighted by atomic mass is 32.2. The number of anilines is 1. The van der Waals surface area contributed by atoms with Gasteiger partial charge in [-0.2, -0.15) is 0 Å². The Bertz CT molecular complexity index is 406. The van der Waals surface area contributed by atoms with Crippen molar-refractivity contribution in [3.05, 3.63) is 34.4 Å². The molecule has 17 heavy (non-hydrogen) atoms. The molecule has 0 spiro atoms. The van der Waals surface area contributed by atoms with Crippen molar-refractivity contribution in [3.63, 3.8) is 0 Å². The molecule has 2 unspecified atom stereocenters. The van der Waals surface area contributed by atoms with Crippen LogP contribution in [0.2, 0.25) is 0 Å². The van der Waals surface area contributed by atoms with Crippen LogP contribution in [0.25, 0.3) is 0 Å². The van der Waals surface area contributed by atoms with E-state index < -0.39 is 15.7 Å². The van der Waals surface area contributed by atoms with Gasteiger partial charge in [-0.25, -0.2) is 0 Å². The number of benzene rings is 1. The molecule has 1 rings (SSSR count). The summed E-state index contributed by atoms with van der Waals surface area (Å²) < 4.78 is 11.1. The van der Waals surface area contributed by atoms with Crippen LogP contribution in [0.4, 0.5) is 11.4 Å². The fourth-order valence-corrected chi connectivity index (χ4v) is 1.74. The first-order valence-electron chi connectivity index (χ1n) is 5.31. The minimum atomic E-state index is -0.807. The van der Waals surface area contributed by atoms with Gasteiger partial charge in [0, 0.05) is 46.7 Å². The van der Waals surface area contributed by atoms with Gasteiger partial charge in [-0.05, 0) is 18.6 Å². The third-order valence-corrected chi connectivity index (χ3v) is 3.89. The smallest absolute Gasteiger partial charge is 0.269 e. The largest absolute Gasteiger partial charge is 0.385 e. The summed E-state index contributed by atoms with van der Waals surface area (Å²) >= 11 is 0. The summed E-state index contributed by atoms with van der Waals surface area (Å²) in [5, 5.41) is 13.7. The molecule has 0 aromatic heterocycles. The quantitative estimate of drug-likeness (QED) is 0.625. The Kier molecular flexibility index (Phi) is 5.09. The summed E-state index contributed by atoms with van der Waals surface area (Å²) in [6, 6.07) is 6.27. The van der Waals surface area contributed by atoms with E-state index >= 15 is 0 Å².